The summed E-state index contributed by atoms with van der Waals surface area (Å²) < 4.78 is 0. The molecule has 0 fully saturated rings. The van der Waals surface area contributed by atoms with Crippen molar-refractivity contribution in [2.45, 2.75) is 6.42 Å². The normalized spacial score (nSPS) is 10.1. The highest BCUT2D eigenvalue weighted by Crippen LogP contribution is 2.03. The Morgan fingerprint density at radius 2 is 2.27 bits per heavy atom. The third kappa shape index (κ3) is 2.19. The van der Waals surface area contributed by atoms with E-state index >= 15 is 0 Å². The average Bonchev–Trinajstić information content (AvgIpc) is 2.68. The van der Waals surface area contributed by atoms with Crippen LogP contribution in [0.5, 0.6) is 0 Å². The van der Waals surface area contributed by atoms with Gasteiger partial charge in [0, 0.05) is 18.3 Å². The molecule has 15 heavy (non-hydrogen) atoms. The minimum Gasteiger partial charge on any atom is -0.477 e. The summed E-state index contributed by atoms with van der Waals surface area (Å²) in [6, 6.07) is 5.57. The number of nitrogens with one attached hydrogen (secondary N) is 1. The van der Waals surface area contributed by atoms with E-state index in [1.54, 1.807) is 6.20 Å². The van der Waals surface area contributed by atoms with Crippen molar-refractivity contribution in [2.75, 3.05) is 0 Å². The Morgan fingerprint density at radius 3 is 2.87 bits per heavy atom. The SMILES string of the molecule is O=C(O)c1cnc(Cc2ccccn2)[nH]1. The zero-order valence-electron chi connectivity index (χ0n) is 7.84. The number of pyridine rings is 1. The maximum absolute atomic E-state index is 10.6. The number of aromatic carboxylic acids is 1. The zero-order chi connectivity index (χ0) is 10.7. The van der Waals surface area contributed by atoms with Crippen LogP contribution in [0.2, 0.25) is 0 Å². The Balaban J connectivity index is 2.15. The Morgan fingerprint density at radius 1 is 1.40 bits per heavy atom. The molecule has 0 aliphatic heterocycles. The fraction of sp³-hybridized carbons (Fsp3) is 0.100. The average molecular weight is 203 g/mol. The largest absolute Gasteiger partial charge is 0.477 e. The monoisotopic (exact) mass is 203 g/mol. The van der Waals surface area contributed by atoms with E-state index in [9.17, 15) is 4.79 Å². The first kappa shape index (κ1) is 9.39. The van der Waals surface area contributed by atoms with Gasteiger partial charge in [-0.2, -0.15) is 0 Å². The number of aromatic amines is 1. The molecule has 0 aromatic carbocycles. The molecule has 5 nitrogen and oxygen atoms in total. The van der Waals surface area contributed by atoms with Crippen LogP contribution in [-0.4, -0.2) is 26.0 Å². The minimum absolute atomic E-state index is 0.0981. The van der Waals surface area contributed by atoms with Crippen LogP contribution >= 0.6 is 0 Å². The van der Waals surface area contributed by atoms with Crippen LogP contribution in [0, 0.1) is 0 Å². The first-order valence-corrected chi connectivity index (χ1v) is 4.43. The van der Waals surface area contributed by atoms with Crippen molar-refractivity contribution < 1.29 is 9.90 Å². The zero-order valence-corrected chi connectivity index (χ0v) is 7.84. The van der Waals surface area contributed by atoms with Gasteiger partial charge in [-0.25, -0.2) is 9.78 Å². The van der Waals surface area contributed by atoms with Crippen LogP contribution in [0.3, 0.4) is 0 Å². The number of imidazole rings is 1. The second-order valence-corrected chi connectivity index (χ2v) is 3.05. The number of hydrogen-bond acceptors (Lipinski definition) is 3. The van der Waals surface area contributed by atoms with Crippen molar-refractivity contribution in [3.05, 3.63) is 47.8 Å². The number of carbonyl (C=O) groups is 1. The lowest BCUT2D eigenvalue weighted by Crippen LogP contribution is -1.97. The number of carboxylic acids is 1. The highest BCUT2D eigenvalue weighted by atomic mass is 16.4. The Bertz CT molecular complexity index is 465. The molecule has 76 valence electrons. The van der Waals surface area contributed by atoms with Gasteiger partial charge in [0.05, 0.1) is 6.20 Å². The summed E-state index contributed by atoms with van der Waals surface area (Å²) in [7, 11) is 0. The van der Waals surface area contributed by atoms with Crippen molar-refractivity contribution in [1.82, 2.24) is 15.0 Å². The van der Waals surface area contributed by atoms with Gasteiger partial charge < -0.3 is 10.1 Å². The Hall–Kier alpha value is -2.17. The fourth-order valence-electron chi connectivity index (χ4n) is 1.24. The second-order valence-electron chi connectivity index (χ2n) is 3.05. The molecule has 2 aromatic heterocycles. The number of rotatable bonds is 3. The standard InChI is InChI=1S/C10H9N3O2/c14-10(15)8-6-12-9(13-8)5-7-3-1-2-4-11-7/h1-4,6H,5H2,(H,12,13)(H,14,15). The van der Waals surface area contributed by atoms with Gasteiger partial charge in [0.1, 0.15) is 11.5 Å². The Labute approximate surface area is 85.8 Å². The van der Waals surface area contributed by atoms with Crippen LogP contribution in [0.1, 0.15) is 22.0 Å². The summed E-state index contributed by atoms with van der Waals surface area (Å²) in [6.45, 7) is 0. The first-order valence-electron chi connectivity index (χ1n) is 4.43. The van der Waals surface area contributed by atoms with Gasteiger partial charge in [-0.1, -0.05) is 6.07 Å². The van der Waals surface area contributed by atoms with Gasteiger partial charge in [0.15, 0.2) is 0 Å². The van der Waals surface area contributed by atoms with E-state index in [-0.39, 0.29) is 5.69 Å². The molecule has 2 aromatic rings. The lowest BCUT2D eigenvalue weighted by atomic mass is 10.3. The summed E-state index contributed by atoms with van der Waals surface area (Å²) >= 11 is 0. The molecule has 2 heterocycles. The lowest BCUT2D eigenvalue weighted by molar-refractivity contribution is 0.0691. The van der Waals surface area contributed by atoms with Gasteiger partial charge in [-0.15, -0.1) is 0 Å². The van der Waals surface area contributed by atoms with Crippen molar-refractivity contribution in [3.8, 4) is 0 Å². The van der Waals surface area contributed by atoms with E-state index in [1.165, 1.54) is 6.20 Å². The molecule has 2 N–H and O–H groups in total. The quantitative estimate of drug-likeness (QED) is 0.782. The number of carboxylic acid groups (broad SMARTS) is 1. The molecule has 0 unspecified atom stereocenters. The third-order valence-corrected chi connectivity index (χ3v) is 1.93. The summed E-state index contributed by atoms with van der Waals surface area (Å²) in [5.41, 5.74) is 0.949. The molecular formula is C10H9N3O2. The van der Waals surface area contributed by atoms with Gasteiger partial charge in [-0.05, 0) is 12.1 Å². The highest BCUT2D eigenvalue weighted by Gasteiger charge is 2.07. The van der Waals surface area contributed by atoms with E-state index in [4.69, 9.17) is 5.11 Å². The van der Waals surface area contributed by atoms with Crippen molar-refractivity contribution in [2.24, 2.45) is 0 Å². The number of hydrogen-bond donors (Lipinski definition) is 2. The number of nitrogens with zero attached hydrogens (tertiary/aromatic N) is 2. The molecule has 0 saturated heterocycles. The third-order valence-electron chi connectivity index (χ3n) is 1.93. The molecule has 0 aliphatic rings. The summed E-state index contributed by atoms with van der Waals surface area (Å²) in [5.74, 6) is -0.402. The molecule has 0 aliphatic carbocycles. The highest BCUT2D eigenvalue weighted by molar-refractivity contribution is 5.84. The van der Waals surface area contributed by atoms with Crippen LogP contribution < -0.4 is 0 Å². The number of H-pyrrole nitrogens is 1. The van der Waals surface area contributed by atoms with E-state index in [2.05, 4.69) is 15.0 Å². The first-order chi connectivity index (χ1) is 7.25. The summed E-state index contributed by atoms with van der Waals surface area (Å²) in [5, 5.41) is 8.68. The topological polar surface area (TPSA) is 78.9 Å². The van der Waals surface area contributed by atoms with E-state index in [0.717, 1.165) is 5.69 Å². The molecule has 5 heteroatoms. The maximum atomic E-state index is 10.6. The minimum atomic E-state index is -1.00. The molecule has 0 atom stereocenters. The lowest BCUT2D eigenvalue weighted by Gasteiger charge is -1.95. The Kier molecular flexibility index (Phi) is 2.45. The molecule has 0 spiro atoms. The van der Waals surface area contributed by atoms with Crippen LogP contribution in [-0.2, 0) is 6.42 Å². The molecule has 0 amide bonds. The predicted octanol–water partition coefficient (Wildman–Crippen LogP) is 1.09. The number of aromatic nitrogens is 3. The van der Waals surface area contributed by atoms with Gasteiger partial charge >= 0.3 is 5.97 Å². The smallest absolute Gasteiger partial charge is 0.353 e. The van der Waals surface area contributed by atoms with E-state index in [0.29, 0.717) is 12.2 Å². The van der Waals surface area contributed by atoms with Crippen LogP contribution in [0.25, 0.3) is 0 Å². The van der Waals surface area contributed by atoms with Crippen LogP contribution in [0.15, 0.2) is 30.6 Å². The van der Waals surface area contributed by atoms with Gasteiger partial charge in [0.2, 0.25) is 0 Å². The summed E-state index contributed by atoms with van der Waals surface area (Å²) in [4.78, 5) is 21.4. The van der Waals surface area contributed by atoms with Gasteiger partial charge in [0.25, 0.3) is 0 Å². The van der Waals surface area contributed by atoms with E-state index < -0.39 is 5.97 Å². The van der Waals surface area contributed by atoms with Crippen molar-refractivity contribution in [1.29, 1.82) is 0 Å². The van der Waals surface area contributed by atoms with Crippen molar-refractivity contribution >= 4 is 5.97 Å². The summed E-state index contributed by atoms with van der Waals surface area (Å²) in [6.07, 6.45) is 3.51. The maximum Gasteiger partial charge on any atom is 0.353 e. The van der Waals surface area contributed by atoms with E-state index in [1.807, 2.05) is 18.2 Å². The van der Waals surface area contributed by atoms with Gasteiger partial charge in [-0.3, -0.25) is 4.98 Å². The molecule has 0 saturated carbocycles. The predicted molar refractivity (Wildman–Crippen MR) is 52.6 cm³/mol. The fourth-order valence-corrected chi connectivity index (χ4v) is 1.24. The molecule has 0 bridgehead atoms. The molecule has 2 rings (SSSR count). The molecular weight excluding hydrogens is 194 g/mol. The second kappa shape index (κ2) is 3.91. The molecule has 0 radical (unpaired) electrons. The van der Waals surface area contributed by atoms with Crippen LogP contribution in [0.4, 0.5) is 0 Å². The van der Waals surface area contributed by atoms with Crippen molar-refractivity contribution in [3.63, 3.8) is 0 Å².